The maximum Gasteiger partial charge on any atom is 0.243 e. The van der Waals surface area contributed by atoms with Crippen molar-refractivity contribution in [1.82, 2.24) is 24.6 Å². The van der Waals surface area contributed by atoms with Crippen LogP contribution in [0, 0.1) is 6.92 Å². The molecule has 0 aromatic carbocycles. The second-order valence-electron chi connectivity index (χ2n) is 4.51. The number of rotatable bonds is 5. The lowest BCUT2D eigenvalue weighted by Crippen LogP contribution is -2.05. The zero-order chi connectivity index (χ0) is 13.1. The lowest BCUT2D eigenvalue weighted by atomic mass is 10.3. The Morgan fingerprint density at radius 2 is 2.37 bits per heavy atom. The first-order valence-electron chi connectivity index (χ1n) is 6.36. The fourth-order valence-electron chi connectivity index (χ4n) is 1.95. The van der Waals surface area contributed by atoms with Gasteiger partial charge in [-0.25, -0.2) is 9.50 Å². The number of aryl methyl sites for hydroxylation is 2. The van der Waals surface area contributed by atoms with Crippen LogP contribution in [-0.4, -0.2) is 31.1 Å². The Morgan fingerprint density at radius 3 is 3.21 bits per heavy atom. The molecular formula is C13H16N6. The molecule has 0 saturated carbocycles. The molecule has 0 atom stereocenters. The molecule has 6 nitrogen and oxygen atoms in total. The van der Waals surface area contributed by atoms with Gasteiger partial charge < -0.3 is 10.3 Å². The Bertz CT molecular complexity index is 655. The van der Waals surface area contributed by atoms with Crippen molar-refractivity contribution in [1.29, 1.82) is 0 Å². The molecule has 0 spiro atoms. The molecule has 0 saturated heterocycles. The summed E-state index contributed by atoms with van der Waals surface area (Å²) in [7, 11) is 0. The number of hydrogen-bond acceptors (Lipinski definition) is 4. The summed E-state index contributed by atoms with van der Waals surface area (Å²) in [5, 5.41) is 7.59. The third kappa shape index (κ3) is 2.73. The second-order valence-corrected chi connectivity index (χ2v) is 4.51. The number of pyridine rings is 1. The van der Waals surface area contributed by atoms with Crippen LogP contribution < -0.4 is 5.32 Å². The molecule has 3 aromatic rings. The fourth-order valence-corrected chi connectivity index (χ4v) is 1.95. The minimum absolute atomic E-state index is 0.671. The molecule has 0 amide bonds. The van der Waals surface area contributed by atoms with E-state index in [2.05, 4.69) is 25.4 Å². The van der Waals surface area contributed by atoms with Gasteiger partial charge in [0.15, 0.2) is 5.65 Å². The monoisotopic (exact) mass is 256 g/mol. The number of aromatic amines is 1. The Morgan fingerprint density at radius 1 is 1.42 bits per heavy atom. The molecule has 2 N–H and O–H groups in total. The molecule has 3 aromatic heterocycles. The van der Waals surface area contributed by atoms with Gasteiger partial charge in [-0.2, -0.15) is 4.98 Å². The summed E-state index contributed by atoms with van der Waals surface area (Å²) in [6, 6.07) is 4.03. The van der Waals surface area contributed by atoms with E-state index in [1.807, 2.05) is 31.5 Å². The molecule has 0 aliphatic carbocycles. The smallest absolute Gasteiger partial charge is 0.243 e. The van der Waals surface area contributed by atoms with Crippen molar-refractivity contribution < 1.29 is 0 Å². The predicted molar refractivity (Wildman–Crippen MR) is 73.1 cm³/mol. The maximum atomic E-state index is 4.43. The van der Waals surface area contributed by atoms with Gasteiger partial charge in [0.1, 0.15) is 5.82 Å². The Kier molecular flexibility index (Phi) is 3.14. The van der Waals surface area contributed by atoms with Gasteiger partial charge in [-0.05, 0) is 31.0 Å². The zero-order valence-corrected chi connectivity index (χ0v) is 10.8. The first-order valence-corrected chi connectivity index (χ1v) is 6.36. The van der Waals surface area contributed by atoms with Crippen LogP contribution in [0.15, 0.2) is 30.7 Å². The molecular weight excluding hydrogens is 240 g/mol. The highest BCUT2D eigenvalue weighted by atomic mass is 15.3. The standard InChI is InChI=1S/C13H16N6/c1-10-4-8-19-12(9-10)17-13(18-19)16-5-2-3-11-14-6-7-15-11/h4,6-9H,2-3,5H2,1H3,(H,14,15)(H,16,18). The van der Waals surface area contributed by atoms with E-state index in [9.17, 15) is 0 Å². The van der Waals surface area contributed by atoms with Gasteiger partial charge in [0.2, 0.25) is 5.95 Å². The first-order chi connectivity index (χ1) is 9.31. The number of hydrogen-bond donors (Lipinski definition) is 2. The number of H-pyrrole nitrogens is 1. The van der Waals surface area contributed by atoms with Crippen molar-refractivity contribution in [3.05, 3.63) is 42.1 Å². The van der Waals surface area contributed by atoms with Gasteiger partial charge in [-0.1, -0.05) is 0 Å². The van der Waals surface area contributed by atoms with Crippen LogP contribution in [0.25, 0.3) is 5.65 Å². The van der Waals surface area contributed by atoms with Crippen molar-refractivity contribution in [2.75, 3.05) is 11.9 Å². The highest BCUT2D eigenvalue weighted by molar-refractivity contribution is 5.45. The largest absolute Gasteiger partial charge is 0.353 e. The third-order valence-corrected chi connectivity index (χ3v) is 2.92. The summed E-state index contributed by atoms with van der Waals surface area (Å²) in [5.41, 5.74) is 2.05. The normalized spacial score (nSPS) is 11.0. The van der Waals surface area contributed by atoms with Crippen molar-refractivity contribution in [2.24, 2.45) is 0 Å². The number of aromatic nitrogens is 5. The number of nitrogens with one attached hydrogen (secondary N) is 2. The summed E-state index contributed by atoms with van der Waals surface area (Å²) >= 11 is 0. The van der Waals surface area contributed by atoms with Crippen LogP contribution in [0.1, 0.15) is 17.8 Å². The Balaban J connectivity index is 1.56. The molecule has 3 rings (SSSR count). The van der Waals surface area contributed by atoms with Crippen molar-refractivity contribution in [3.63, 3.8) is 0 Å². The van der Waals surface area contributed by atoms with Crippen LogP contribution in [0.5, 0.6) is 0 Å². The number of anilines is 1. The van der Waals surface area contributed by atoms with Crippen molar-refractivity contribution in [2.45, 2.75) is 19.8 Å². The molecule has 6 heteroatoms. The summed E-state index contributed by atoms with van der Waals surface area (Å²) in [6.07, 6.45) is 7.45. The highest BCUT2D eigenvalue weighted by Crippen LogP contribution is 2.07. The molecule has 19 heavy (non-hydrogen) atoms. The Labute approximate surface area is 110 Å². The molecule has 0 radical (unpaired) electrons. The predicted octanol–water partition coefficient (Wildman–Crippen LogP) is 1.81. The summed E-state index contributed by atoms with van der Waals surface area (Å²) in [5.74, 6) is 1.69. The lowest BCUT2D eigenvalue weighted by Gasteiger charge is -1.99. The molecule has 98 valence electrons. The van der Waals surface area contributed by atoms with Gasteiger partial charge in [-0.15, -0.1) is 5.10 Å². The van der Waals surface area contributed by atoms with E-state index >= 15 is 0 Å². The van der Waals surface area contributed by atoms with Crippen LogP contribution in [0.4, 0.5) is 5.95 Å². The quantitative estimate of drug-likeness (QED) is 0.683. The first kappa shape index (κ1) is 11.7. The van der Waals surface area contributed by atoms with Crippen LogP contribution in [-0.2, 0) is 6.42 Å². The summed E-state index contributed by atoms with van der Waals surface area (Å²) in [6.45, 7) is 2.88. The topological polar surface area (TPSA) is 70.9 Å². The van der Waals surface area contributed by atoms with Gasteiger partial charge in [0.05, 0.1) is 0 Å². The van der Waals surface area contributed by atoms with E-state index in [0.717, 1.165) is 30.9 Å². The summed E-state index contributed by atoms with van der Waals surface area (Å²) < 4.78 is 1.78. The zero-order valence-electron chi connectivity index (χ0n) is 10.8. The van der Waals surface area contributed by atoms with E-state index in [1.54, 1.807) is 10.7 Å². The molecule has 0 aliphatic rings. The molecule has 0 aliphatic heterocycles. The lowest BCUT2D eigenvalue weighted by molar-refractivity contribution is 0.809. The van der Waals surface area contributed by atoms with Crippen molar-refractivity contribution >= 4 is 11.6 Å². The van der Waals surface area contributed by atoms with E-state index in [4.69, 9.17) is 0 Å². The van der Waals surface area contributed by atoms with E-state index < -0.39 is 0 Å². The SMILES string of the molecule is Cc1ccn2nc(NCCCc3ncc[nH]3)nc2c1. The van der Waals surface area contributed by atoms with Crippen LogP contribution >= 0.6 is 0 Å². The van der Waals surface area contributed by atoms with Gasteiger partial charge in [0.25, 0.3) is 0 Å². The summed E-state index contributed by atoms with van der Waals surface area (Å²) in [4.78, 5) is 11.7. The second kappa shape index (κ2) is 5.09. The molecule has 0 fully saturated rings. The third-order valence-electron chi connectivity index (χ3n) is 2.92. The molecule has 0 unspecified atom stereocenters. The number of fused-ring (bicyclic) bond motifs is 1. The van der Waals surface area contributed by atoms with Crippen molar-refractivity contribution in [3.8, 4) is 0 Å². The Hall–Kier alpha value is -2.37. The van der Waals surface area contributed by atoms with E-state index in [0.29, 0.717) is 5.95 Å². The average Bonchev–Trinajstić information content (AvgIpc) is 3.02. The molecule has 0 bridgehead atoms. The number of nitrogens with zero attached hydrogens (tertiary/aromatic N) is 4. The van der Waals surface area contributed by atoms with Gasteiger partial charge >= 0.3 is 0 Å². The molecule has 3 heterocycles. The minimum Gasteiger partial charge on any atom is -0.353 e. The van der Waals surface area contributed by atoms with Gasteiger partial charge in [0, 0.05) is 31.6 Å². The number of imidazole rings is 1. The van der Waals surface area contributed by atoms with Gasteiger partial charge in [-0.3, -0.25) is 0 Å². The van der Waals surface area contributed by atoms with E-state index in [1.165, 1.54) is 5.56 Å². The van der Waals surface area contributed by atoms with Crippen LogP contribution in [0.3, 0.4) is 0 Å². The van der Waals surface area contributed by atoms with Crippen LogP contribution in [0.2, 0.25) is 0 Å². The van der Waals surface area contributed by atoms with E-state index in [-0.39, 0.29) is 0 Å². The maximum absolute atomic E-state index is 4.43. The highest BCUT2D eigenvalue weighted by Gasteiger charge is 2.02. The fraction of sp³-hybridized carbons (Fsp3) is 0.308. The minimum atomic E-state index is 0.671. The average molecular weight is 256 g/mol.